The van der Waals surface area contributed by atoms with Gasteiger partial charge in [-0.05, 0) is 36.4 Å². The number of fused-ring (bicyclic) bond motifs is 1. The Balaban J connectivity index is 2.08. The number of benzene rings is 2. The highest BCUT2D eigenvalue weighted by atomic mass is 79.9. The van der Waals surface area contributed by atoms with Crippen LogP contribution in [-0.2, 0) is 0 Å². The predicted molar refractivity (Wildman–Crippen MR) is 78.1 cm³/mol. The van der Waals surface area contributed by atoms with Gasteiger partial charge in [0, 0.05) is 4.47 Å². The summed E-state index contributed by atoms with van der Waals surface area (Å²) in [4.78, 5) is 36.4. The lowest BCUT2D eigenvalue weighted by Crippen LogP contribution is -2.29. The normalized spacial score (nSPS) is 13.4. The highest BCUT2D eigenvalue weighted by Gasteiger charge is 2.36. The first-order valence-electron chi connectivity index (χ1n) is 6.13. The van der Waals surface area contributed by atoms with Crippen LogP contribution in [0.5, 0.6) is 5.75 Å². The van der Waals surface area contributed by atoms with Gasteiger partial charge in [0.1, 0.15) is 0 Å². The number of amides is 2. The maximum absolute atomic E-state index is 12.4. The van der Waals surface area contributed by atoms with Crippen molar-refractivity contribution in [1.82, 2.24) is 0 Å². The molecule has 110 valence electrons. The molecule has 1 aliphatic rings. The van der Waals surface area contributed by atoms with Gasteiger partial charge < -0.3 is 10.2 Å². The van der Waals surface area contributed by atoms with Gasteiger partial charge in [-0.1, -0.05) is 21.7 Å². The molecule has 1 aliphatic heterocycles. The van der Waals surface area contributed by atoms with Crippen molar-refractivity contribution >= 4 is 39.4 Å². The molecule has 2 aromatic carbocycles. The van der Waals surface area contributed by atoms with Gasteiger partial charge in [-0.15, -0.1) is 0 Å². The Morgan fingerprint density at radius 3 is 2.36 bits per heavy atom. The SMILES string of the molecule is O=C(O)c1ccc(N2C(=O)c3ccc(Br)cc3C2=O)cc1[O-]. The molecule has 0 unspecified atom stereocenters. The molecular formula is C15H7BrNO5-. The lowest BCUT2D eigenvalue weighted by atomic mass is 10.1. The lowest BCUT2D eigenvalue weighted by molar-refractivity contribution is -0.268. The Morgan fingerprint density at radius 1 is 1.05 bits per heavy atom. The summed E-state index contributed by atoms with van der Waals surface area (Å²) in [6.07, 6.45) is 0. The second kappa shape index (κ2) is 4.96. The molecule has 0 saturated heterocycles. The van der Waals surface area contributed by atoms with Crippen LogP contribution in [0.4, 0.5) is 5.69 Å². The highest BCUT2D eigenvalue weighted by molar-refractivity contribution is 9.10. The Bertz CT molecular complexity index is 846. The van der Waals surface area contributed by atoms with Crippen molar-refractivity contribution in [1.29, 1.82) is 0 Å². The topological polar surface area (TPSA) is 97.7 Å². The fraction of sp³-hybridized carbons (Fsp3) is 0. The molecule has 0 spiro atoms. The number of nitrogens with zero attached hydrogens (tertiary/aromatic N) is 1. The van der Waals surface area contributed by atoms with Gasteiger partial charge in [-0.3, -0.25) is 9.59 Å². The predicted octanol–water partition coefficient (Wildman–Crippen LogP) is 2.02. The van der Waals surface area contributed by atoms with E-state index in [2.05, 4.69) is 15.9 Å². The average molecular weight is 361 g/mol. The molecule has 0 bridgehead atoms. The highest BCUT2D eigenvalue weighted by Crippen LogP contribution is 2.32. The van der Waals surface area contributed by atoms with E-state index in [1.54, 1.807) is 6.07 Å². The minimum absolute atomic E-state index is 0.0531. The molecule has 1 N–H and O–H groups in total. The Labute approximate surface area is 132 Å². The van der Waals surface area contributed by atoms with Gasteiger partial charge in [-0.2, -0.15) is 0 Å². The zero-order chi connectivity index (χ0) is 16.0. The molecule has 2 amide bonds. The fourth-order valence-corrected chi connectivity index (χ4v) is 2.64. The number of anilines is 1. The largest absolute Gasteiger partial charge is 0.872 e. The molecule has 0 fully saturated rings. The van der Waals surface area contributed by atoms with Crippen molar-refractivity contribution in [2.24, 2.45) is 0 Å². The summed E-state index contributed by atoms with van der Waals surface area (Å²) in [5.41, 5.74) is 0.109. The molecule has 6 nitrogen and oxygen atoms in total. The van der Waals surface area contributed by atoms with Crippen LogP contribution < -0.4 is 10.0 Å². The van der Waals surface area contributed by atoms with Crippen molar-refractivity contribution in [3.05, 3.63) is 57.6 Å². The van der Waals surface area contributed by atoms with E-state index in [4.69, 9.17) is 5.11 Å². The van der Waals surface area contributed by atoms with Crippen molar-refractivity contribution in [3.63, 3.8) is 0 Å². The molecule has 2 aromatic rings. The summed E-state index contributed by atoms with van der Waals surface area (Å²) in [6, 6.07) is 8.00. The van der Waals surface area contributed by atoms with Crippen LogP contribution in [0.1, 0.15) is 31.1 Å². The molecule has 0 radical (unpaired) electrons. The first kappa shape index (κ1) is 14.3. The van der Waals surface area contributed by atoms with Gasteiger partial charge in [-0.25, -0.2) is 9.69 Å². The van der Waals surface area contributed by atoms with Crippen LogP contribution >= 0.6 is 15.9 Å². The van der Waals surface area contributed by atoms with E-state index in [1.165, 1.54) is 18.2 Å². The van der Waals surface area contributed by atoms with E-state index < -0.39 is 29.1 Å². The van der Waals surface area contributed by atoms with Crippen molar-refractivity contribution in [2.45, 2.75) is 0 Å². The number of carboxylic acid groups (broad SMARTS) is 1. The van der Waals surface area contributed by atoms with Crippen LogP contribution in [0.15, 0.2) is 40.9 Å². The van der Waals surface area contributed by atoms with E-state index >= 15 is 0 Å². The molecule has 22 heavy (non-hydrogen) atoms. The lowest BCUT2D eigenvalue weighted by Gasteiger charge is -2.18. The number of carboxylic acids is 1. The third-order valence-electron chi connectivity index (χ3n) is 3.30. The number of rotatable bonds is 2. The molecule has 0 aromatic heterocycles. The van der Waals surface area contributed by atoms with Gasteiger partial charge in [0.15, 0.2) is 0 Å². The number of halogens is 1. The Morgan fingerprint density at radius 2 is 1.73 bits per heavy atom. The van der Waals surface area contributed by atoms with E-state index in [1.807, 2.05) is 0 Å². The van der Waals surface area contributed by atoms with Crippen LogP contribution in [0.25, 0.3) is 0 Å². The first-order valence-corrected chi connectivity index (χ1v) is 6.92. The molecule has 0 atom stereocenters. The molecule has 3 rings (SSSR count). The number of aromatic carboxylic acids is 1. The van der Waals surface area contributed by atoms with Crippen LogP contribution in [0.3, 0.4) is 0 Å². The smallest absolute Gasteiger partial charge is 0.335 e. The summed E-state index contributed by atoms with van der Waals surface area (Å²) >= 11 is 3.23. The summed E-state index contributed by atoms with van der Waals surface area (Å²) in [5.74, 6) is -3.22. The fourth-order valence-electron chi connectivity index (χ4n) is 2.27. The molecule has 1 heterocycles. The number of carbonyl (C=O) groups is 3. The minimum Gasteiger partial charge on any atom is -0.872 e. The second-order valence-electron chi connectivity index (χ2n) is 4.62. The van der Waals surface area contributed by atoms with Gasteiger partial charge in [0.25, 0.3) is 11.8 Å². The monoisotopic (exact) mass is 360 g/mol. The number of carbonyl (C=O) groups excluding carboxylic acids is 2. The van der Waals surface area contributed by atoms with E-state index in [9.17, 15) is 19.5 Å². The molecule has 0 aliphatic carbocycles. The maximum Gasteiger partial charge on any atom is 0.335 e. The first-order chi connectivity index (χ1) is 10.4. The summed E-state index contributed by atoms with van der Waals surface area (Å²) in [7, 11) is 0. The zero-order valence-corrected chi connectivity index (χ0v) is 12.5. The molecule has 7 heteroatoms. The van der Waals surface area contributed by atoms with Crippen LogP contribution in [0, 0.1) is 0 Å². The Kier molecular flexibility index (Phi) is 3.22. The zero-order valence-electron chi connectivity index (χ0n) is 10.9. The minimum atomic E-state index is -1.36. The Hall–Kier alpha value is -2.67. The van der Waals surface area contributed by atoms with Crippen molar-refractivity contribution in [3.8, 4) is 5.75 Å². The third kappa shape index (κ3) is 2.06. The maximum atomic E-state index is 12.4. The number of hydrogen-bond acceptors (Lipinski definition) is 4. The number of imide groups is 1. The van der Waals surface area contributed by atoms with E-state index in [-0.39, 0.29) is 16.8 Å². The average Bonchev–Trinajstić information content (AvgIpc) is 2.70. The van der Waals surface area contributed by atoms with Gasteiger partial charge in [0.05, 0.1) is 22.4 Å². The second-order valence-corrected chi connectivity index (χ2v) is 5.54. The van der Waals surface area contributed by atoms with Gasteiger partial charge in [0.2, 0.25) is 0 Å². The quantitative estimate of drug-likeness (QED) is 0.826. The van der Waals surface area contributed by atoms with Crippen LogP contribution in [0.2, 0.25) is 0 Å². The van der Waals surface area contributed by atoms with Gasteiger partial charge >= 0.3 is 5.97 Å². The van der Waals surface area contributed by atoms with Crippen molar-refractivity contribution in [2.75, 3.05) is 4.90 Å². The standard InChI is InChI=1S/C15H8BrNO5/c16-7-1-3-9-11(5-7)14(20)17(13(9)19)8-2-4-10(15(21)22)12(18)6-8/h1-6,18H,(H,21,22)/p-1. The van der Waals surface area contributed by atoms with E-state index in [0.29, 0.717) is 4.47 Å². The summed E-state index contributed by atoms with van der Waals surface area (Å²) < 4.78 is 0.653. The molecular weight excluding hydrogens is 354 g/mol. The molecule has 0 saturated carbocycles. The number of hydrogen-bond donors (Lipinski definition) is 1. The summed E-state index contributed by atoms with van der Waals surface area (Å²) in [6.45, 7) is 0. The van der Waals surface area contributed by atoms with Crippen LogP contribution in [-0.4, -0.2) is 22.9 Å². The van der Waals surface area contributed by atoms with Crippen molar-refractivity contribution < 1.29 is 24.6 Å². The third-order valence-corrected chi connectivity index (χ3v) is 3.80. The van der Waals surface area contributed by atoms with E-state index in [0.717, 1.165) is 17.0 Å². The summed E-state index contributed by atoms with van der Waals surface area (Å²) in [5, 5.41) is 20.6.